The Bertz CT molecular complexity index is 916. The van der Waals surface area contributed by atoms with E-state index in [0.717, 1.165) is 5.56 Å². The zero-order chi connectivity index (χ0) is 20.1. The molecule has 0 unspecified atom stereocenters. The van der Waals surface area contributed by atoms with Gasteiger partial charge in [-0.3, -0.25) is 23.9 Å². The van der Waals surface area contributed by atoms with Crippen LogP contribution in [0, 0.1) is 6.92 Å². The van der Waals surface area contributed by atoms with Gasteiger partial charge in [0.15, 0.2) is 0 Å². The molecule has 150 valence electrons. The largest absolute Gasteiger partial charge is 0.355 e. The lowest BCUT2D eigenvalue weighted by Crippen LogP contribution is -2.51. The summed E-state index contributed by atoms with van der Waals surface area (Å²) in [7, 11) is 0. The zero-order valence-electron chi connectivity index (χ0n) is 16.5. The lowest BCUT2D eigenvalue weighted by atomic mass is 10.1. The SMILES string of the molecule is CCNC(=O)CN1CCN(C(=O)CCn2cnc3c(C)cccc3c2=O)CC1. The number of nitrogens with zero attached hydrogens (tertiary/aromatic N) is 4. The van der Waals surface area contributed by atoms with Gasteiger partial charge in [-0.05, 0) is 25.5 Å². The summed E-state index contributed by atoms with van der Waals surface area (Å²) in [6, 6.07) is 5.54. The molecule has 2 aromatic rings. The minimum atomic E-state index is -0.117. The fraction of sp³-hybridized carbons (Fsp3) is 0.500. The number of carbonyl (C=O) groups is 2. The van der Waals surface area contributed by atoms with Crippen molar-refractivity contribution in [2.24, 2.45) is 0 Å². The van der Waals surface area contributed by atoms with Gasteiger partial charge in [0.2, 0.25) is 11.8 Å². The molecule has 1 aromatic heterocycles. The first-order chi connectivity index (χ1) is 13.5. The number of aryl methyl sites for hydroxylation is 2. The van der Waals surface area contributed by atoms with Crippen molar-refractivity contribution in [3.05, 3.63) is 40.4 Å². The summed E-state index contributed by atoms with van der Waals surface area (Å²) in [6.45, 7) is 7.69. The Kier molecular flexibility index (Phi) is 6.41. The van der Waals surface area contributed by atoms with E-state index in [9.17, 15) is 14.4 Å². The van der Waals surface area contributed by atoms with E-state index in [2.05, 4.69) is 15.2 Å². The molecule has 2 amide bonds. The molecule has 0 atom stereocenters. The third-order valence-corrected chi connectivity index (χ3v) is 5.09. The highest BCUT2D eigenvalue weighted by Crippen LogP contribution is 2.11. The first-order valence-electron chi connectivity index (χ1n) is 9.71. The average molecular weight is 385 g/mol. The van der Waals surface area contributed by atoms with Crippen molar-refractivity contribution in [3.8, 4) is 0 Å². The molecule has 2 heterocycles. The molecule has 1 aliphatic rings. The van der Waals surface area contributed by atoms with E-state index in [1.165, 1.54) is 10.9 Å². The van der Waals surface area contributed by atoms with Crippen LogP contribution >= 0.6 is 0 Å². The van der Waals surface area contributed by atoms with Crippen molar-refractivity contribution in [1.82, 2.24) is 24.7 Å². The predicted molar refractivity (Wildman–Crippen MR) is 107 cm³/mol. The molecule has 0 aliphatic carbocycles. The maximum Gasteiger partial charge on any atom is 0.261 e. The van der Waals surface area contributed by atoms with Gasteiger partial charge in [-0.1, -0.05) is 12.1 Å². The minimum Gasteiger partial charge on any atom is -0.355 e. The third-order valence-electron chi connectivity index (χ3n) is 5.09. The van der Waals surface area contributed by atoms with Crippen LogP contribution in [0.2, 0.25) is 0 Å². The fourth-order valence-electron chi connectivity index (χ4n) is 3.48. The van der Waals surface area contributed by atoms with Gasteiger partial charge in [0.05, 0.1) is 23.8 Å². The summed E-state index contributed by atoms with van der Waals surface area (Å²) in [5.41, 5.74) is 1.55. The second-order valence-corrected chi connectivity index (χ2v) is 7.07. The van der Waals surface area contributed by atoms with Crippen LogP contribution in [0.4, 0.5) is 0 Å². The van der Waals surface area contributed by atoms with Crippen molar-refractivity contribution in [2.75, 3.05) is 39.3 Å². The number of rotatable bonds is 6. The van der Waals surface area contributed by atoms with Crippen molar-refractivity contribution in [2.45, 2.75) is 26.8 Å². The summed E-state index contributed by atoms with van der Waals surface area (Å²) >= 11 is 0. The Morgan fingerprint density at radius 3 is 2.64 bits per heavy atom. The maximum atomic E-state index is 12.6. The molecule has 8 nitrogen and oxygen atoms in total. The van der Waals surface area contributed by atoms with Crippen LogP contribution in [0.15, 0.2) is 29.3 Å². The summed E-state index contributed by atoms with van der Waals surface area (Å²) in [4.78, 5) is 45.0. The number of amides is 2. The Morgan fingerprint density at radius 1 is 1.18 bits per heavy atom. The normalized spacial score (nSPS) is 15.0. The van der Waals surface area contributed by atoms with Crippen LogP contribution in [0.25, 0.3) is 10.9 Å². The number of hydrogen-bond donors (Lipinski definition) is 1. The predicted octanol–water partition coefficient (Wildman–Crippen LogP) is 0.375. The minimum absolute atomic E-state index is 0.0145. The smallest absolute Gasteiger partial charge is 0.261 e. The lowest BCUT2D eigenvalue weighted by Gasteiger charge is -2.34. The Balaban J connectivity index is 1.54. The quantitative estimate of drug-likeness (QED) is 0.777. The molecule has 0 saturated carbocycles. The van der Waals surface area contributed by atoms with Gasteiger partial charge in [-0.2, -0.15) is 0 Å². The van der Waals surface area contributed by atoms with Crippen LogP contribution < -0.4 is 10.9 Å². The van der Waals surface area contributed by atoms with Gasteiger partial charge in [-0.25, -0.2) is 4.98 Å². The van der Waals surface area contributed by atoms with Crippen molar-refractivity contribution < 1.29 is 9.59 Å². The standard InChI is InChI=1S/C20H27N5O3/c1-3-21-17(26)13-23-9-11-24(12-10-23)18(27)7-8-25-14-22-19-15(2)5-4-6-16(19)20(25)28/h4-6,14H,3,7-13H2,1-2H3,(H,21,26). The molecular formula is C20H27N5O3. The van der Waals surface area contributed by atoms with Gasteiger partial charge in [0.25, 0.3) is 5.56 Å². The summed E-state index contributed by atoms with van der Waals surface area (Å²) in [5, 5.41) is 3.36. The number of nitrogens with one attached hydrogen (secondary N) is 1. The molecule has 8 heteroatoms. The molecule has 1 saturated heterocycles. The molecule has 3 rings (SSSR count). The van der Waals surface area contributed by atoms with Crippen molar-refractivity contribution >= 4 is 22.7 Å². The monoisotopic (exact) mass is 385 g/mol. The maximum absolute atomic E-state index is 12.6. The molecule has 1 aliphatic heterocycles. The molecule has 28 heavy (non-hydrogen) atoms. The molecular weight excluding hydrogens is 358 g/mol. The Labute approximate surface area is 164 Å². The first kappa shape index (κ1) is 20.0. The molecule has 0 radical (unpaired) electrons. The number of piperazine rings is 1. The van der Waals surface area contributed by atoms with Gasteiger partial charge in [0.1, 0.15) is 0 Å². The average Bonchev–Trinajstić information content (AvgIpc) is 2.68. The summed E-state index contributed by atoms with van der Waals surface area (Å²) in [5.74, 6) is 0.0367. The Hall–Kier alpha value is -2.74. The summed E-state index contributed by atoms with van der Waals surface area (Å²) < 4.78 is 1.50. The van der Waals surface area contributed by atoms with Crippen LogP contribution in [0.3, 0.4) is 0 Å². The van der Waals surface area contributed by atoms with E-state index in [-0.39, 0.29) is 23.8 Å². The van der Waals surface area contributed by atoms with E-state index in [1.807, 2.05) is 26.0 Å². The van der Waals surface area contributed by atoms with E-state index in [1.54, 1.807) is 11.0 Å². The van der Waals surface area contributed by atoms with Crippen molar-refractivity contribution in [1.29, 1.82) is 0 Å². The second kappa shape index (κ2) is 8.97. The van der Waals surface area contributed by atoms with E-state index < -0.39 is 0 Å². The highest BCUT2D eigenvalue weighted by atomic mass is 16.2. The Morgan fingerprint density at radius 2 is 1.93 bits per heavy atom. The summed E-state index contributed by atoms with van der Waals surface area (Å²) in [6.07, 6.45) is 1.78. The highest BCUT2D eigenvalue weighted by molar-refractivity contribution is 5.80. The number of hydrogen-bond acceptors (Lipinski definition) is 5. The molecule has 0 spiro atoms. The van der Waals surface area contributed by atoms with Crippen LogP contribution in [-0.4, -0.2) is 70.4 Å². The number of fused-ring (bicyclic) bond motifs is 1. The zero-order valence-corrected chi connectivity index (χ0v) is 16.5. The highest BCUT2D eigenvalue weighted by Gasteiger charge is 2.22. The number of likely N-dealkylation sites (N-methyl/N-ethyl adjacent to an activating group) is 1. The third kappa shape index (κ3) is 4.56. The van der Waals surface area contributed by atoms with Crippen LogP contribution in [0.5, 0.6) is 0 Å². The molecule has 1 fully saturated rings. The topological polar surface area (TPSA) is 87.5 Å². The van der Waals surface area contributed by atoms with E-state index >= 15 is 0 Å². The van der Waals surface area contributed by atoms with Crippen molar-refractivity contribution in [3.63, 3.8) is 0 Å². The number of benzene rings is 1. The van der Waals surface area contributed by atoms with Gasteiger partial charge in [-0.15, -0.1) is 0 Å². The number of carbonyl (C=O) groups excluding carboxylic acids is 2. The molecule has 0 bridgehead atoms. The second-order valence-electron chi connectivity index (χ2n) is 7.07. The van der Waals surface area contributed by atoms with Gasteiger partial charge < -0.3 is 10.2 Å². The number of para-hydroxylation sites is 1. The first-order valence-corrected chi connectivity index (χ1v) is 9.71. The van der Waals surface area contributed by atoms with Gasteiger partial charge in [0, 0.05) is 45.7 Å². The molecule has 1 aromatic carbocycles. The fourth-order valence-corrected chi connectivity index (χ4v) is 3.48. The van der Waals surface area contributed by atoms with E-state index in [4.69, 9.17) is 0 Å². The van der Waals surface area contributed by atoms with Crippen LogP contribution in [0.1, 0.15) is 18.9 Å². The number of aromatic nitrogens is 2. The van der Waals surface area contributed by atoms with Crippen LogP contribution in [-0.2, 0) is 16.1 Å². The molecule has 1 N–H and O–H groups in total. The lowest BCUT2D eigenvalue weighted by molar-refractivity contribution is -0.133. The van der Waals surface area contributed by atoms with Gasteiger partial charge >= 0.3 is 0 Å². The van der Waals surface area contributed by atoms with E-state index in [0.29, 0.717) is 56.7 Å².